The summed E-state index contributed by atoms with van der Waals surface area (Å²) >= 11 is 1.56. The molecule has 1 aliphatic rings. The first kappa shape index (κ1) is 17.6. The third-order valence-electron chi connectivity index (χ3n) is 3.99. The van der Waals surface area contributed by atoms with E-state index < -0.39 is 12.0 Å². The van der Waals surface area contributed by atoms with Gasteiger partial charge in [0, 0.05) is 5.56 Å². The predicted octanol–water partition coefficient (Wildman–Crippen LogP) is 0.841. The Morgan fingerprint density at radius 3 is 2.68 bits per heavy atom. The SMILES string of the molecule is COc1cc([C@@H]2[NH2+][C@@H](C(=O)[O-])CS2)ccc1OCc1ccc(F)cc1. The van der Waals surface area contributed by atoms with E-state index in [-0.39, 0.29) is 11.2 Å². The van der Waals surface area contributed by atoms with Crippen molar-refractivity contribution in [3.05, 3.63) is 59.4 Å². The molecule has 1 saturated heterocycles. The Morgan fingerprint density at radius 2 is 2.04 bits per heavy atom. The van der Waals surface area contributed by atoms with Crippen LogP contribution in [0.25, 0.3) is 0 Å². The number of rotatable bonds is 6. The summed E-state index contributed by atoms with van der Waals surface area (Å²) in [6.45, 7) is 0.299. The monoisotopic (exact) mass is 363 g/mol. The van der Waals surface area contributed by atoms with Gasteiger partial charge in [0.1, 0.15) is 24.4 Å². The molecule has 0 unspecified atom stereocenters. The summed E-state index contributed by atoms with van der Waals surface area (Å²) in [5, 5.41) is 12.7. The molecule has 0 spiro atoms. The van der Waals surface area contributed by atoms with E-state index in [4.69, 9.17) is 9.47 Å². The zero-order chi connectivity index (χ0) is 17.8. The third kappa shape index (κ3) is 4.24. The average Bonchev–Trinajstić information content (AvgIpc) is 3.11. The molecule has 5 nitrogen and oxygen atoms in total. The molecule has 0 bridgehead atoms. The van der Waals surface area contributed by atoms with Gasteiger partial charge in [0.25, 0.3) is 0 Å². The quantitative estimate of drug-likeness (QED) is 0.823. The Morgan fingerprint density at radius 1 is 1.28 bits per heavy atom. The van der Waals surface area contributed by atoms with Gasteiger partial charge in [-0.3, -0.25) is 0 Å². The normalized spacial score (nSPS) is 19.6. The molecular weight excluding hydrogens is 345 g/mol. The summed E-state index contributed by atoms with van der Waals surface area (Å²) in [4.78, 5) is 11.0. The highest BCUT2D eigenvalue weighted by Gasteiger charge is 2.31. The van der Waals surface area contributed by atoms with Crippen molar-refractivity contribution in [1.29, 1.82) is 0 Å². The second-order valence-electron chi connectivity index (χ2n) is 5.70. The summed E-state index contributed by atoms with van der Waals surface area (Å²) < 4.78 is 24.1. The number of hydrogen-bond acceptors (Lipinski definition) is 5. The fraction of sp³-hybridized carbons (Fsp3) is 0.278. The molecule has 132 valence electrons. The highest BCUT2D eigenvalue weighted by Crippen LogP contribution is 2.34. The molecule has 1 aliphatic heterocycles. The maximum atomic E-state index is 12.9. The number of aliphatic carboxylic acids is 1. The lowest BCUT2D eigenvalue weighted by Crippen LogP contribution is -2.90. The van der Waals surface area contributed by atoms with Crippen LogP contribution in [0, 0.1) is 5.82 Å². The molecule has 1 heterocycles. The number of nitrogens with two attached hydrogens (primary N) is 1. The second kappa shape index (κ2) is 7.76. The van der Waals surface area contributed by atoms with Crippen molar-refractivity contribution in [2.45, 2.75) is 18.0 Å². The first-order valence-electron chi connectivity index (χ1n) is 7.79. The van der Waals surface area contributed by atoms with Crippen LogP contribution in [-0.4, -0.2) is 24.9 Å². The van der Waals surface area contributed by atoms with Gasteiger partial charge >= 0.3 is 0 Å². The van der Waals surface area contributed by atoms with E-state index in [1.807, 2.05) is 12.1 Å². The topological polar surface area (TPSA) is 75.2 Å². The van der Waals surface area contributed by atoms with Gasteiger partial charge in [0.2, 0.25) is 0 Å². The van der Waals surface area contributed by atoms with Crippen LogP contribution in [0.1, 0.15) is 16.5 Å². The number of halogens is 1. The average molecular weight is 363 g/mol. The molecule has 7 heteroatoms. The number of carbonyl (C=O) groups excluding carboxylic acids is 1. The van der Waals surface area contributed by atoms with Gasteiger partial charge in [0.15, 0.2) is 16.9 Å². The lowest BCUT2D eigenvalue weighted by Gasteiger charge is -2.15. The number of thioether (sulfide) groups is 1. The molecule has 0 aliphatic carbocycles. The smallest absolute Gasteiger partial charge is 0.161 e. The molecule has 25 heavy (non-hydrogen) atoms. The standard InChI is InChI=1S/C18H18FNO4S/c1-23-16-8-12(17-20-14(10-25-17)18(21)22)4-7-15(16)24-9-11-2-5-13(19)6-3-11/h2-8,14,17,20H,9-10H2,1H3,(H,21,22)/t14-,17-/m1/s1. The number of methoxy groups -OCH3 is 1. The van der Waals surface area contributed by atoms with Crippen molar-refractivity contribution >= 4 is 17.7 Å². The Balaban J connectivity index is 1.69. The summed E-state index contributed by atoms with van der Waals surface area (Å²) in [5.74, 6) is 0.339. The van der Waals surface area contributed by atoms with E-state index in [2.05, 4.69) is 0 Å². The highest BCUT2D eigenvalue weighted by atomic mass is 32.2. The first-order chi connectivity index (χ1) is 12.1. The number of hydrogen-bond donors (Lipinski definition) is 1. The summed E-state index contributed by atoms with van der Waals surface area (Å²) in [5.41, 5.74) is 1.81. The molecule has 0 aromatic heterocycles. The summed E-state index contributed by atoms with van der Waals surface area (Å²) in [6, 6.07) is 11.1. The molecule has 2 aromatic rings. The highest BCUT2D eigenvalue weighted by molar-refractivity contribution is 7.99. The van der Waals surface area contributed by atoms with E-state index in [1.165, 1.54) is 12.1 Å². The first-order valence-corrected chi connectivity index (χ1v) is 8.84. The molecule has 2 aromatic carbocycles. The molecule has 2 N–H and O–H groups in total. The molecule has 1 fully saturated rings. The zero-order valence-electron chi connectivity index (χ0n) is 13.6. The van der Waals surface area contributed by atoms with Crippen LogP contribution in [0.15, 0.2) is 42.5 Å². The Labute approximate surface area is 149 Å². The fourth-order valence-electron chi connectivity index (χ4n) is 2.61. The van der Waals surface area contributed by atoms with E-state index in [0.29, 0.717) is 23.9 Å². The molecule has 2 atom stereocenters. The summed E-state index contributed by atoms with van der Waals surface area (Å²) in [7, 11) is 1.55. The Bertz CT molecular complexity index is 753. The number of carboxylic acids is 1. The van der Waals surface area contributed by atoms with Gasteiger partial charge in [-0.1, -0.05) is 23.9 Å². The maximum absolute atomic E-state index is 12.9. The van der Waals surface area contributed by atoms with Gasteiger partial charge in [-0.05, 0) is 35.9 Å². The second-order valence-corrected chi connectivity index (χ2v) is 6.87. The van der Waals surface area contributed by atoms with E-state index in [1.54, 1.807) is 42.4 Å². The fourth-order valence-corrected chi connectivity index (χ4v) is 3.91. The largest absolute Gasteiger partial charge is 0.544 e. The van der Waals surface area contributed by atoms with Crippen LogP contribution >= 0.6 is 11.8 Å². The number of carboxylic acid groups (broad SMARTS) is 1. The van der Waals surface area contributed by atoms with Gasteiger partial charge < -0.3 is 24.7 Å². The van der Waals surface area contributed by atoms with Crippen LogP contribution in [0.3, 0.4) is 0 Å². The van der Waals surface area contributed by atoms with Crippen molar-refractivity contribution in [1.82, 2.24) is 0 Å². The van der Waals surface area contributed by atoms with Crippen LogP contribution in [0.5, 0.6) is 11.5 Å². The minimum atomic E-state index is -1.04. The lowest BCUT2D eigenvalue weighted by atomic mass is 10.2. The van der Waals surface area contributed by atoms with E-state index in [9.17, 15) is 14.3 Å². The lowest BCUT2D eigenvalue weighted by molar-refractivity contribution is -0.690. The maximum Gasteiger partial charge on any atom is 0.161 e. The molecule has 3 rings (SSSR count). The number of carbonyl (C=O) groups is 1. The molecular formula is C18H18FNO4S. The van der Waals surface area contributed by atoms with Crippen molar-refractivity contribution in [2.24, 2.45) is 0 Å². The van der Waals surface area contributed by atoms with Crippen molar-refractivity contribution in [3.63, 3.8) is 0 Å². The summed E-state index contributed by atoms with van der Waals surface area (Å²) in [6.07, 6.45) is 0. The Hall–Kier alpha value is -2.25. The number of benzene rings is 2. The van der Waals surface area contributed by atoms with Crippen LogP contribution in [0.4, 0.5) is 4.39 Å². The van der Waals surface area contributed by atoms with Gasteiger partial charge in [-0.2, -0.15) is 0 Å². The van der Waals surface area contributed by atoms with E-state index >= 15 is 0 Å². The van der Waals surface area contributed by atoms with Gasteiger partial charge in [-0.15, -0.1) is 0 Å². The minimum absolute atomic E-state index is 0.0112. The van der Waals surface area contributed by atoms with Gasteiger partial charge in [0.05, 0.1) is 12.9 Å². The van der Waals surface area contributed by atoms with Crippen molar-refractivity contribution in [2.75, 3.05) is 12.9 Å². The van der Waals surface area contributed by atoms with Crippen molar-refractivity contribution < 1.29 is 29.1 Å². The molecule has 0 radical (unpaired) electrons. The molecule has 0 saturated carbocycles. The number of ether oxygens (including phenoxy) is 2. The van der Waals surface area contributed by atoms with Crippen LogP contribution < -0.4 is 19.9 Å². The number of quaternary nitrogens is 1. The third-order valence-corrected chi connectivity index (χ3v) is 5.33. The van der Waals surface area contributed by atoms with E-state index in [0.717, 1.165) is 11.1 Å². The van der Waals surface area contributed by atoms with Gasteiger partial charge in [-0.25, -0.2) is 4.39 Å². The minimum Gasteiger partial charge on any atom is -0.544 e. The zero-order valence-corrected chi connectivity index (χ0v) is 14.4. The van der Waals surface area contributed by atoms with Crippen LogP contribution in [0.2, 0.25) is 0 Å². The predicted molar refractivity (Wildman–Crippen MR) is 89.6 cm³/mol. The van der Waals surface area contributed by atoms with Crippen LogP contribution in [-0.2, 0) is 11.4 Å². The molecule has 0 amide bonds. The Kier molecular flexibility index (Phi) is 5.45. The van der Waals surface area contributed by atoms with Crippen molar-refractivity contribution in [3.8, 4) is 11.5 Å².